The summed E-state index contributed by atoms with van der Waals surface area (Å²) in [5.41, 5.74) is 7.12. The number of nitrogens with zero attached hydrogens (tertiary/aromatic N) is 2. The van der Waals surface area contributed by atoms with E-state index in [2.05, 4.69) is 24.0 Å². The van der Waals surface area contributed by atoms with Gasteiger partial charge in [-0.25, -0.2) is 0 Å². The summed E-state index contributed by atoms with van der Waals surface area (Å²) in [4.78, 5) is 4.36. The minimum Gasteiger partial charge on any atom is -0.338 e. The topological polar surface area (TPSA) is 64.9 Å². The van der Waals surface area contributed by atoms with Crippen molar-refractivity contribution in [3.8, 4) is 0 Å². The molecule has 19 heavy (non-hydrogen) atoms. The van der Waals surface area contributed by atoms with Crippen LogP contribution in [0.1, 0.15) is 43.6 Å². The molecule has 0 amide bonds. The maximum absolute atomic E-state index is 6.06. The van der Waals surface area contributed by atoms with Crippen LogP contribution in [-0.2, 0) is 6.42 Å². The molecule has 2 rings (SSSR count). The molecule has 5 heteroatoms. The van der Waals surface area contributed by atoms with E-state index in [1.165, 1.54) is 0 Å². The van der Waals surface area contributed by atoms with Crippen molar-refractivity contribution < 1.29 is 4.52 Å². The van der Waals surface area contributed by atoms with Crippen molar-refractivity contribution >= 4 is 11.6 Å². The first-order chi connectivity index (χ1) is 9.10. The van der Waals surface area contributed by atoms with E-state index in [1.807, 2.05) is 24.3 Å². The smallest absolute Gasteiger partial charge is 0.243 e. The molecule has 102 valence electrons. The van der Waals surface area contributed by atoms with Crippen molar-refractivity contribution in [2.45, 2.75) is 32.7 Å². The first-order valence-corrected chi connectivity index (χ1v) is 6.80. The molecular formula is C14H18ClN3O. The van der Waals surface area contributed by atoms with Crippen LogP contribution in [0, 0.1) is 5.92 Å². The number of aromatic nitrogens is 2. The number of hydrogen-bond acceptors (Lipinski definition) is 4. The van der Waals surface area contributed by atoms with Gasteiger partial charge in [0, 0.05) is 11.4 Å². The van der Waals surface area contributed by atoms with Gasteiger partial charge in [-0.05, 0) is 23.6 Å². The summed E-state index contributed by atoms with van der Waals surface area (Å²) in [6, 6.07) is 7.42. The van der Waals surface area contributed by atoms with Crippen molar-refractivity contribution in [3.63, 3.8) is 0 Å². The lowest BCUT2D eigenvalue weighted by molar-refractivity contribution is 0.310. The van der Waals surface area contributed by atoms with Gasteiger partial charge in [-0.2, -0.15) is 4.98 Å². The highest BCUT2D eigenvalue weighted by Crippen LogP contribution is 2.21. The lowest BCUT2D eigenvalue weighted by Gasteiger charge is -2.12. The third-order valence-electron chi connectivity index (χ3n) is 3.28. The van der Waals surface area contributed by atoms with E-state index in [-0.39, 0.29) is 6.04 Å². The fourth-order valence-electron chi connectivity index (χ4n) is 1.80. The Morgan fingerprint density at radius 1 is 1.42 bits per heavy atom. The van der Waals surface area contributed by atoms with E-state index in [0.29, 0.717) is 29.1 Å². The van der Waals surface area contributed by atoms with Crippen LogP contribution in [0.25, 0.3) is 0 Å². The molecule has 0 radical (unpaired) electrons. The van der Waals surface area contributed by atoms with Crippen LogP contribution in [0.5, 0.6) is 0 Å². The Kier molecular flexibility index (Phi) is 4.56. The lowest BCUT2D eigenvalue weighted by Crippen LogP contribution is -2.18. The van der Waals surface area contributed by atoms with Crippen LogP contribution in [0.2, 0.25) is 5.02 Å². The maximum Gasteiger partial charge on any atom is 0.243 e. The van der Waals surface area contributed by atoms with Gasteiger partial charge in [0.2, 0.25) is 5.89 Å². The zero-order valence-corrected chi connectivity index (χ0v) is 11.9. The number of benzene rings is 1. The maximum atomic E-state index is 6.06. The number of nitrogens with two attached hydrogens (primary N) is 1. The standard InChI is InChI=1S/C14H18ClN3O/c1-3-9(2)13(16)14-17-12(18-19-14)8-10-5-4-6-11(15)7-10/h4-7,9,13H,3,8,16H2,1-2H3. The molecule has 4 nitrogen and oxygen atoms in total. The predicted molar refractivity (Wildman–Crippen MR) is 74.9 cm³/mol. The summed E-state index contributed by atoms with van der Waals surface area (Å²) in [5, 5.41) is 4.68. The zero-order chi connectivity index (χ0) is 13.8. The number of halogens is 1. The van der Waals surface area contributed by atoms with Gasteiger partial charge < -0.3 is 10.3 Å². The van der Waals surface area contributed by atoms with Crippen LogP contribution in [0.3, 0.4) is 0 Å². The van der Waals surface area contributed by atoms with Crippen LogP contribution < -0.4 is 5.73 Å². The number of hydrogen-bond donors (Lipinski definition) is 1. The third kappa shape index (κ3) is 3.55. The Labute approximate surface area is 118 Å². The second-order valence-corrected chi connectivity index (χ2v) is 5.20. The van der Waals surface area contributed by atoms with Gasteiger partial charge in [-0.15, -0.1) is 0 Å². The van der Waals surface area contributed by atoms with Crippen molar-refractivity contribution in [1.29, 1.82) is 0 Å². The fourth-order valence-corrected chi connectivity index (χ4v) is 2.01. The Bertz CT molecular complexity index is 541. The lowest BCUT2D eigenvalue weighted by atomic mass is 10.0. The Morgan fingerprint density at radius 2 is 2.21 bits per heavy atom. The molecule has 2 unspecified atom stereocenters. The highest BCUT2D eigenvalue weighted by atomic mass is 35.5. The molecule has 2 aromatic rings. The monoisotopic (exact) mass is 279 g/mol. The summed E-state index contributed by atoms with van der Waals surface area (Å²) in [6.45, 7) is 4.17. The summed E-state index contributed by atoms with van der Waals surface area (Å²) >= 11 is 5.94. The minimum absolute atomic E-state index is 0.203. The third-order valence-corrected chi connectivity index (χ3v) is 3.51. The van der Waals surface area contributed by atoms with Crippen molar-refractivity contribution in [1.82, 2.24) is 10.1 Å². The van der Waals surface area contributed by atoms with Crippen LogP contribution in [0.15, 0.2) is 28.8 Å². The van der Waals surface area contributed by atoms with E-state index >= 15 is 0 Å². The molecule has 0 bridgehead atoms. The molecule has 0 aliphatic rings. The molecule has 2 N–H and O–H groups in total. The van der Waals surface area contributed by atoms with Crippen molar-refractivity contribution in [2.24, 2.45) is 11.7 Å². The van der Waals surface area contributed by atoms with Crippen LogP contribution in [0.4, 0.5) is 0 Å². The van der Waals surface area contributed by atoms with E-state index < -0.39 is 0 Å². The molecule has 1 aromatic carbocycles. The molecule has 0 spiro atoms. The second kappa shape index (κ2) is 6.17. The molecule has 0 aliphatic carbocycles. The fraction of sp³-hybridized carbons (Fsp3) is 0.429. The van der Waals surface area contributed by atoms with E-state index in [1.54, 1.807) is 0 Å². The largest absolute Gasteiger partial charge is 0.338 e. The summed E-state index contributed by atoms with van der Waals surface area (Å²) < 4.78 is 5.23. The number of rotatable bonds is 5. The summed E-state index contributed by atoms with van der Waals surface area (Å²) in [5.74, 6) is 1.46. The molecule has 1 aromatic heterocycles. The van der Waals surface area contributed by atoms with Crippen molar-refractivity contribution in [2.75, 3.05) is 0 Å². The molecule has 0 aliphatic heterocycles. The average Bonchev–Trinajstić information content (AvgIpc) is 2.85. The van der Waals surface area contributed by atoms with Gasteiger partial charge in [-0.1, -0.05) is 49.2 Å². The second-order valence-electron chi connectivity index (χ2n) is 4.77. The highest BCUT2D eigenvalue weighted by molar-refractivity contribution is 6.30. The summed E-state index contributed by atoms with van der Waals surface area (Å²) in [6.07, 6.45) is 1.57. The molecule has 1 heterocycles. The van der Waals surface area contributed by atoms with Gasteiger partial charge in [0.1, 0.15) is 0 Å². The molecule has 0 saturated carbocycles. The predicted octanol–water partition coefficient (Wildman–Crippen LogP) is 3.36. The van der Waals surface area contributed by atoms with Crippen molar-refractivity contribution in [3.05, 3.63) is 46.6 Å². The van der Waals surface area contributed by atoms with E-state index in [4.69, 9.17) is 21.9 Å². The van der Waals surface area contributed by atoms with Gasteiger partial charge >= 0.3 is 0 Å². The Balaban J connectivity index is 2.09. The van der Waals surface area contributed by atoms with Crippen LogP contribution in [-0.4, -0.2) is 10.1 Å². The Hall–Kier alpha value is -1.39. The van der Waals surface area contributed by atoms with E-state index in [0.717, 1.165) is 12.0 Å². The highest BCUT2D eigenvalue weighted by Gasteiger charge is 2.19. The SMILES string of the molecule is CCC(C)C(N)c1nc(Cc2cccc(Cl)c2)no1. The van der Waals surface area contributed by atoms with Gasteiger partial charge in [0.05, 0.1) is 6.04 Å². The minimum atomic E-state index is -0.203. The summed E-state index contributed by atoms with van der Waals surface area (Å²) in [7, 11) is 0. The quantitative estimate of drug-likeness (QED) is 0.911. The molecular weight excluding hydrogens is 262 g/mol. The van der Waals surface area contributed by atoms with Gasteiger partial charge in [0.25, 0.3) is 0 Å². The normalized spacial score (nSPS) is 14.3. The first-order valence-electron chi connectivity index (χ1n) is 6.42. The molecule has 0 saturated heterocycles. The zero-order valence-electron chi connectivity index (χ0n) is 11.1. The van der Waals surface area contributed by atoms with Gasteiger partial charge in [-0.3, -0.25) is 0 Å². The van der Waals surface area contributed by atoms with E-state index in [9.17, 15) is 0 Å². The Morgan fingerprint density at radius 3 is 2.89 bits per heavy atom. The first kappa shape index (κ1) is 14.0. The average molecular weight is 280 g/mol. The molecule has 2 atom stereocenters. The van der Waals surface area contributed by atoms with Crippen LogP contribution >= 0.6 is 11.6 Å². The molecule has 0 fully saturated rings. The van der Waals surface area contributed by atoms with Gasteiger partial charge in [0.15, 0.2) is 5.82 Å².